The maximum Gasteiger partial charge on any atom is 0.229 e. The van der Waals surface area contributed by atoms with Crippen LogP contribution in [0, 0.1) is 5.41 Å². The molecule has 1 amide bonds. The molecular weight excluding hydrogens is 443 g/mol. The molecule has 0 bridgehead atoms. The molecule has 0 aliphatic rings. The summed E-state index contributed by atoms with van der Waals surface area (Å²) in [6.07, 6.45) is 2.54. The summed E-state index contributed by atoms with van der Waals surface area (Å²) >= 11 is 6.46. The molecule has 5 nitrogen and oxygen atoms in total. The number of aryl methyl sites for hydroxylation is 1. The fourth-order valence-corrected chi connectivity index (χ4v) is 3.43. The fourth-order valence-electron chi connectivity index (χ4n) is 3.18. The van der Waals surface area contributed by atoms with Gasteiger partial charge in [0.15, 0.2) is 0 Å². The smallest absolute Gasteiger partial charge is 0.229 e. The van der Waals surface area contributed by atoms with Crippen LogP contribution in [0.2, 0.25) is 5.02 Å². The number of amides is 1. The number of nitrogens with two attached hydrogens (primary N) is 1. The van der Waals surface area contributed by atoms with Gasteiger partial charge in [-0.05, 0) is 37.5 Å². The molecule has 0 radical (unpaired) electrons. The van der Waals surface area contributed by atoms with E-state index < -0.39 is 5.41 Å². The molecule has 170 valence electrons. The van der Waals surface area contributed by atoms with Gasteiger partial charge in [-0.1, -0.05) is 52.3 Å². The van der Waals surface area contributed by atoms with Crippen molar-refractivity contribution in [1.82, 2.24) is 9.78 Å². The molecule has 1 atom stereocenters. The van der Waals surface area contributed by atoms with Crippen LogP contribution >= 0.6 is 36.4 Å². The monoisotopic (exact) mass is 476 g/mol. The van der Waals surface area contributed by atoms with Crippen molar-refractivity contribution in [3.8, 4) is 0 Å². The highest BCUT2D eigenvalue weighted by atomic mass is 35.5. The molecule has 8 heteroatoms. The van der Waals surface area contributed by atoms with Gasteiger partial charge >= 0.3 is 0 Å². The molecule has 0 saturated heterocycles. The van der Waals surface area contributed by atoms with Crippen LogP contribution in [0.15, 0.2) is 18.2 Å². The van der Waals surface area contributed by atoms with Gasteiger partial charge in [-0.25, -0.2) is 0 Å². The van der Waals surface area contributed by atoms with Crippen LogP contribution in [0.5, 0.6) is 0 Å². The van der Waals surface area contributed by atoms with Crippen LogP contribution in [-0.2, 0) is 30.6 Å². The number of halogens is 3. The number of carbonyl (C=O) groups excluding carboxylic acids is 1. The van der Waals surface area contributed by atoms with Gasteiger partial charge in [0.1, 0.15) is 0 Å². The Bertz CT molecular complexity index is 842. The van der Waals surface area contributed by atoms with Crippen LogP contribution in [0.25, 0.3) is 0 Å². The Hall–Kier alpha value is -1.27. The predicted molar refractivity (Wildman–Crippen MR) is 131 cm³/mol. The van der Waals surface area contributed by atoms with Gasteiger partial charge in [-0.15, -0.1) is 24.8 Å². The fraction of sp³-hybridized carbons (Fsp3) is 0.545. The lowest BCUT2D eigenvalue weighted by atomic mass is 9.95. The third kappa shape index (κ3) is 7.16. The molecule has 0 saturated carbocycles. The van der Waals surface area contributed by atoms with Crippen molar-refractivity contribution in [3.05, 3.63) is 45.7 Å². The molecular formula is C22H35Cl3N4O. The SMILES string of the molecule is CCc1nn(C[C@@H](C)N)c(CC)c1Cc1ccc(NC(=O)C(C)(C)C)c(Cl)c1.Cl.Cl. The van der Waals surface area contributed by atoms with Gasteiger partial charge in [-0.2, -0.15) is 5.10 Å². The second-order valence-electron chi connectivity index (χ2n) is 8.43. The lowest BCUT2D eigenvalue weighted by molar-refractivity contribution is -0.123. The second kappa shape index (κ2) is 11.9. The van der Waals surface area contributed by atoms with Crippen LogP contribution in [0.3, 0.4) is 0 Å². The summed E-state index contributed by atoms with van der Waals surface area (Å²) in [4.78, 5) is 12.2. The third-order valence-electron chi connectivity index (χ3n) is 4.72. The molecule has 1 aromatic carbocycles. The molecule has 0 unspecified atom stereocenters. The standard InChI is InChI=1S/C22H33ClN4O.2ClH/c1-7-18-16(20(8-2)27(26-18)13-14(3)24)11-15-9-10-19(17(23)12-15)25-21(28)22(4,5)6;;/h9-10,12,14H,7-8,11,13,24H2,1-6H3,(H,25,28);2*1H/t14-;;/m1../s1. The van der Waals surface area contributed by atoms with E-state index in [4.69, 9.17) is 22.4 Å². The highest BCUT2D eigenvalue weighted by Gasteiger charge is 2.22. The average Bonchev–Trinajstić information content (AvgIpc) is 2.91. The van der Waals surface area contributed by atoms with Gasteiger partial charge in [0.25, 0.3) is 0 Å². The first-order valence-corrected chi connectivity index (χ1v) is 10.4. The summed E-state index contributed by atoms with van der Waals surface area (Å²) < 4.78 is 2.05. The molecule has 3 N–H and O–H groups in total. The Morgan fingerprint density at radius 2 is 1.87 bits per heavy atom. The summed E-state index contributed by atoms with van der Waals surface area (Å²) in [5.74, 6) is -0.0548. The number of nitrogens with zero attached hydrogens (tertiary/aromatic N) is 2. The van der Waals surface area contributed by atoms with E-state index in [-0.39, 0.29) is 36.8 Å². The summed E-state index contributed by atoms with van der Waals surface area (Å²) in [7, 11) is 0. The Morgan fingerprint density at radius 1 is 1.23 bits per heavy atom. The zero-order chi connectivity index (χ0) is 21.1. The summed E-state index contributed by atoms with van der Waals surface area (Å²) in [5, 5.41) is 8.25. The maximum atomic E-state index is 12.2. The summed E-state index contributed by atoms with van der Waals surface area (Å²) in [6, 6.07) is 5.89. The third-order valence-corrected chi connectivity index (χ3v) is 5.04. The lowest BCUT2D eigenvalue weighted by Gasteiger charge is -2.18. The highest BCUT2D eigenvalue weighted by Crippen LogP contribution is 2.28. The van der Waals surface area contributed by atoms with E-state index in [9.17, 15) is 4.79 Å². The molecule has 0 spiro atoms. The minimum Gasteiger partial charge on any atom is -0.326 e. The topological polar surface area (TPSA) is 72.9 Å². The first kappa shape index (κ1) is 28.7. The van der Waals surface area contributed by atoms with Crippen molar-refractivity contribution in [1.29, 1.82) is 0 Å². The highest BCUT2D eigenvalue weighted by molar-refractivity contribution is 6.33. The molecule has 0 fully saturated rings. The van der Waals surface area contributed by atoms with Gasteiger partial charge < -0.3 is 11.1 Å². The first-order chi connectivity index (χ1) is 13.1. The minimum absolute atomic E-state index is 0. The van der Waals surface area contributed by atoms with E-state index in [0.29, 0.717) is 17.3 Å². The van der Waals surface area contributed by atoms with Gasteiger partial charge in [0.2, 0.25) is 5.91 Å². The van der Waals surface area contributed by atoms with Crippen LogP contribution < -0.4 is 11.1 Å². The van der Waals surface area contributed by atoms with Crippen molar-refractivity contribution in [2.45, 2.75) is 73.4 Å². The van der Waals surface area contributed by atoms with Crippen LogP contribution in [-0.4, -0.2) is 21.7 Å². The Labute approximate surface area is 198 Å². The van der Waals surface area contributed by atoms with E-state index in [0.717, 1.165) is 30.5 Å². The molecule has 2 aromatic rings. The van der Waals surface area contributed by atoms with E-state index >= 15 is 0 Å². The Balaban J connectivity index is 0.00000420. The van der Waals surface area contributed by atoms with Crippen LogP contribution in [0.1, 0.15) is 64.1 Å². The quantitative estimate of drug-likeness (QED) is 0.558. The number of carbonyl (C=O) groups is 1. The molecule has 1 heterocycles. The van der Waals surface area contributed by atoms with E-state index in [2.05, 4.69) is 23.8 Å². The number of nitrogens with one attached hydrogen (secondary N) is 1. The normalized spacial score (nSPS) is 12.0. The van der Waals surface area contributed by atoms with Crippen LogP contribution in [0.4, 0.5) is 5.69 Å². The van der Waals surface area contributed by atoms with Crippen molar-refractivity contribution in [3.63, 3.8) is 0 Å². The number of hydrogen-bond donors (Lipinski definition) is 2. The number of aromatic nitrogens is 2. The van der Waals surface area contributed by atoms with Crippen molar-refractivity contribution in [2.75, 3.05) is 5.32 Å². The average molecular weight is 478 g/mol. The number of hydrogen-bond acceptors (Lipinski definition) is 3. The molecule has 1 aromatic heterocycles. The predicted octanol–water partition coefficient (Wildman–Crippen LogP) is 5.43. The molecule has 0 aliphatic heterocycles. The van der Waals surface area contributed by atoms with Crippen molar-refractivity contribution >= 4 is 48.0 Å². The number of rotatable bonds is 7. The summed E-state index contributed by atoms with van der Waals surface area (Å²) in [5.41, 5.74) is 10.9. The molecule has 2 rings (SSSR count). The first-order valence-electron chi connectivity index (χ1n) is 9.99. The van der Waals surface area contributed by atoms with Gasteiger partial charge in [0, 0.05) is 29.1 Å². The second-order valence-corrected chi connectivity index (χ2v) is 8.84. The summed E-state index contributed by atoms with van der Waals surface area (Å²) in [6.45, 7) is 12.6. The Morgan fingerprint density at radius 3 is 2.33 bits per heavy atom. The Kier molecular flexibility index (Phi) is 11.4. The maximum absolute atomic E-state index is 12.2. The largest absolute Gasteiger partial charge is 0.326 e. The van der Waals surface area contributed by atoms with Gasteiger partial charge in [0.05, 0.1) is 22.9 Å². The number of benzene rings is 1. The molecule has 0 aliphatic carbocycles. The zero-order valence-corrected chi connectivity index (χ0v) is 21.1. The van der Waals surface area contributed by atoms with Gasteiger partial charge in [-0.3, -0.25) is 9.48 Å². The van der Waals surface area contributed by atoms with E-state index in [1.807, 2.05) is 45.9 Å². The molecule has 30 heavy (non-hydrogen) atoms. The zero-order valence-electron chi connectivity index (χ0n) is 18.7. The van der Waals surface area contributed by atoms with E-state index in [1.54, 1.807) is 0 Å². The lowest BCUT2D eigenvalue weighted by Crippen LogP contribution is -2.27. The van der Waals surface area contributed by atoms with Crippen molar-refractivity contribution in [2.24, 2.45) is 11.1 Å². The number of anilines is 1. The minimum atomic E-state index is -0.469. The van der Waals surface area contributed by atoms with E-state index in [1.165, 1.54) is 11.3 Å². The van der Waals surface area contributed by atoms with Crippen molar-refractivity contribution < 1.29 is 4.79 Å².